The largest absolute Gasteiger partial charge is 0.504 e. The normalized spacial score (nSPS) is 30.2. The Bertz CT molecular complexity index is 203. The molecule has 1 N–H and O–H groups in total. The molecule has 0 amide bonds. The SMILES string of the molecule is OC1=C2OCCC2CC=C1. The first-order valence-corrected chi connectivity index (χ1v) is 3.60. The van der Waals surface area contributed by atoms with Crippen LogP contribution in [0.15, 0.2) is 23.7 Å². The molecule has 0 bridgehead atoms. The van der Waals surface area contributed by atoms with Crippen molar-refractivity contribution in [3.05, 3.63) is 23.7 Å². The van der Waals surface area contributed by atoms with E-state index in [0.29, 0.717) is 11.7 Å². The zero-order chi connectivity index (χ0) is 6.97. The van der Waals surface area contributed by atoms with Crippen molar-refractivity contribution in [2.24, 2.45) is 5.92 Å². The Morgan fingerprint density at radius 1 is 1.60 bits per heavy atom. The molecule has 1 saturated heterocycles. The van der Waals surface area contributed by atoms with Crippen LogP contribution in [-0.2, 0) is 4.74 Å². The number of rotatable bonds is 0. The third-order valence-corrected chi connectivity index (χ3v) is 2.04. The van der Waals surface area contributed by atoms with E-state index in [9.17, 15) is 5.11 Å². The molecule has 0 saturated carbocycles. The van der Waals surface area contributed by atoms with Gasteiger partial charge in [0.25, 0.3) is 0 Å². The highest BCUT2D eigenvalue weighted by atomic mass is 16.5. The number of hydrogen-bond acceptors (Lipinski definition) is 2. The first kappa shape index (κ1) is 5.83. The van der Waals surface area contributed by atoms with E-state index in [2.05, 4.69) is 0 Å². The van der Waals surface area contributed by atoms with Gasteiger partial charge in [0, 0.05) is 5.92 Å². The Kier molecular flexibility index (Phi) is 1.19. The molecular formula is C8H10O2. The molecule has 0 aromatic carbocycles. The zero-order valence-electron chi connectivity index (χ0n) is 5.71. The summed E-state index contributed by atoms with van der Waals surface area (Å²) >= 11 is 0. The lowest BCUT2D eigenvalue weighted by Gasteiger charge is -2.11. The Morgan fingerprint density at radius 3 is 3.30 bits per heavy atom. The molecule has 1 atom stereocenters. The summed E-state index contributed by atoms with van der Waals surface area (Å²) < 4.78 is 5.25. The van der Waals surface area contributed by atoms with Gasteiger partial charge in [-0.1, -0.05) is 6.08 Å². The lowest BCUT2D eigenvalue weighted by Crippen LogP contribution is -2.02. The minimum Gasteiger partial charge on any atom is -0.504 e. The summed E-state index contributed by atoms with van der Waals surface area (Å²) in [5.41, 5.74) is 0. The monoisotopic (exact) mass is 138 g/mol. The number of allylic oxidation sites excluding steroid dienone is 3. The maximum atomic E-state index is 9.25. The highest BCUT2D eigenvalue weighted by Crippen LogP contribution is 2.32. The van der Waals surface area contributed by atoms with Crippen molar-refractivity contribution in [1.29, 1.82) is 0 Å². The molecule has 10 heavy (non-hydrogen) atoms. The lowest BCUT2D eigenvalue weighted by atomic mass is 9.97. The summed E-state index contributed by atoms with van der Waals surface area (Å²) in [5, 5.41) is 9.25. The molecule has 0 aromatic rings. The first-order chi connectivity index (χ1) is 4.88. The second kappa shape index (κ2) is 2.04. The molecule has 1 aliphatic heterocycles. The van der Waals surface area contributed by atoms with Gasteiger partial charge in [-0.3, -0.25) is 0 Å². The molecule has 1 heterocycles. The van der Waals surface area contributed by atoms with Crippen molar-refractivity contribution in [3.8, 4) is 0 Å². The molecule has 1 aliphatic carbocycles. The molecule has 0 radical (unpaired) electrons. The van der Waals surface area contributed by atoms with Crippen LogP contribution in [0.1, 0.15) is 12.8 Å². The Balaban J connectivity index is 2.32. The van der Waals surface area contributed by atoms with E-state index in [-0.39, 0.29) is 0 Å². The second-order valence-corrected chi connectivity index (χ2v) is 2.72. The van der Waals surface area contributed by atoms with Crippen LogP contribution in [0.2, 0.25) is 0 Å². The summed E-state index contributed by atoms with van der Waals surface area (Å²) in [6.45, 7) is 0.770. The van der Waals surface area contributed by atoms with Crippen LogP contribution in [0, 0.1) is 5.92 Å². The van der Waals surface area contributed by atoms with Crippen LogP contribution in [0.4, 0.5) is 0 Å². The Labute approximate surface area is 59.8 Å². The average Bonchev–Trinajstić information content (AvgIpc) is 2.36. The van der Waals surface area contributed by atoms with E-state index in [0.717, 1.165) is 25.2 Å². The highest BCUT2D eigenvalue weighted by Gasteiger charge is 2.26. The van der Waals surface area contributed by atoms with Crippen molar-refractivity contribution < 1.29 is 9.84 Å². The Morgan fingerprint density at radius 2 is 2.50 bits per heavy atom. The third kappa shape index (κ3) is 0.719. The van der Waals surface area contributed by atoms with E-state index in [1.807, 2.05) is 6.08 Å². The smallest absolute Gasteiger partial charge is 0.153 e. The maximum Gasteiger partial charge on any atom is 0.153 e. The molecule has 2 heteroatoms. The van der Waals surface area contributed by atoms with Gasteiger partial charge in [0.1, 0.15) is 5.76 Å². The fraction of sp³-hybridized carbons (Fsp3) is 0.500. The first-order valence-electron chi connectivity index (χ1n) is 3.60. The van der Waals surface area contributed by atoms with Gasteiger partial charge in [0.15, 0.2) is 5.76 Å². The molecule has 2 rings (SSSR count). The lowest BCUT2D eigenvalue weighted by molar-refractivity contribution is 0.233. The summed E-state index contributed by atoms with van der Waals surface area (Å²) in [4.78, 5) is 0. The summed E-state index contributed by atoms with van der Waals surface area (Å²) in [5.74, 6) is 1.60. The van der Waals surface area contributed by atoms with Crippen LogP contribution in [0.5, 0.6) is 0 Å². The molecule has 1 fully saturated rings. The number of fused-ring (bicyclic) bond motifs is 1. The minimum absolute atomic E-state index is 0.328. The molecule has 1 unspecified atom stereocenters. The number of aliphatic hydroxyl groups excluding tert-OH is 1. The van der Waals surface area contributed by atoms with Crippen molar-refractivity contribution in [2.75, 3.05) is 6.61 Å². The predicted octanol–water partition coefficient (Wildman–Crippen LogP) is 1.75. The number of aliphatic hydroxyl groups is 1. The van der Waals surface area contributed by atoms with Crippen LogP contribution in [0.3, 0.4) is 0 Å². The Hall–Kier alpha value is -0.920. The van der Waals surface area contributed by atoms with E-state index in [1.165, 1.54) is 0 Å². The van der Waals surface area contributed by atoms with Gasteiger partial charge < -0.3 is 9.84 Å². The van der Waals surface area contributed by atoms with Crippen molar-refractivity contribution in [2.45, 2.75) is 12.8 Å². The van der Waals surface area contributed by atoms with Crippen LogP contribution >= 0.6 is 0 Å². The molecular weight excluding hydrogens is 128 g/mol. The third-order valence-electron chi connectivity index (χ3n) is 2.04. The van der Waals surface area contributed by atoms with E-state index >= 15 is 0 Å². The van der Waals surface area contributed by atoms with Gasteiger partial charge >= 0.3 is 0 Å². The summed E-state index contributed by atoms with van der Waals surface area (Å²) in [7, 11) is 0. The van der Waals surface area contributed by atoms with Crippen LogP contribution < -0.4 is 0 Å². The fourth-order valence-electron chi connectivity index (χ4n) is 1.49. The molecule has 0 spiro atoms. The summed E-state index contributed by atoms with van der Waals surface area (Å²) in [6.07, 6.45) is 5.80. The molecule has 2 aliphatic rings. The van der Waals surface area contributed by atoms with Crippen molar-refractivity contribution in [3.63, 3.8) is 0 Å². The average molecular weight is 138 g/mol. The van der Waals surface area contributed by atoms with Gasteiger partial charge in [0.2, 0.25) is 0 Å². The van der Waals surface area contributed by atoms with Gasteiger partial charge in [-0.15, -0.1) is 0 Å². The zero-order valence-corrected chi connectivity index (χ0v) is 5.71. The van der Waals surface area contributed by atoms with E-state index in [4.69, 9.17) is 4.74 Å². The molecule has 2 nitrogen and oxygen atoms in total. The molecule has 54 valence electrons. The van der Waals surface area contributed by atoms with Crippen molar-refractivity contribution in [1.82, 2.24) is 0 Å². The standard InChI is InChI=1S/C8H10O2/c9-7-3-1-2-6-4-5-10-8(6)7/h1,3,6,9H,2,4-5H2. The predicted molar refractivity (Wildman–Crippen MR) is 37.5 cm³/mol. The van der Waals surface area contributed by atoms with Gasteiger partial charge in [-0.2, -0.15) is 0 Å². The van der Waals surface area contributed by atoms with Gasteiger partial charge in [-0.25, -0.2) is 0 Å². The fourth-order valence-corrected chi connectivity index (χ4v) is 1.49. The highest BCUT2D eigenvalue weighted by molar-refractivity contribution is 5.23. The van der Waals surface area contributed by atoms with Crippen LogP contribution in [0.25, 0.3) is 0 Å². The number of hydrogen-bond donors (Lipinski definition) is 1. The minimum atomic E-state index is 0.328. The van der Waals surface area contributed by atoms with Gasteiger partial charge in [0.05, 0.1) is 6.61 Å². The second-order valence-electron chi connectivity index (χ2n) is 2.72. The van der Waals surface area contributed by atoms with E-state index < -0.39 is 0 Å². The topological polar surface area (TPSA) is 29.5 Å². The van der Waals surface area contributed by atoms with E-state index in [1.54, 1.807) is 6.08 Å². The van der Waals surface area contributed by atoms with Gasteiger partial charge in [-0.05, 0) is 18.9 Å². The number of ether oxygens (including phenoxy) is 1. The molecule has 0 aromatic heterocycles. The quantitative estimate of drug-likeness (QED) is 0.552. The summed E-state index contributed by atoms with van der Waals surface area (Å²) in [6, 6.07) is 0. The maximum absolute atomic E-state index is 9.25. The van der Waals surface area contributed by atoms with Crippen LogP contribution in [-0.4, -0.2) is 11.7 Å². The van der Waals surface area contributed by atoms with Crippen molar-refractivity contribution >= 4 is 0 Å².